The number of halogens is 1. The zero-order chi connectivity index (χ0) is 19.3. The van der Waals surface area contributed by atoms with Gasteiger partial charge in [0.25, 0.3) is 0 Å². The van der Waals surface area contributed by atoms with Crippen LogP contribution >= 0.6 is 22.6 Å². The predicted octanol–water partition coefficient (Wildman–Crippen LogP) is 3.72. The second-order valence-corrected chi connectivity index (χ2v) is 8.57. The summed E-state index contributed by atoms with van der Waals surface area (Å²) in [4.78, 5) is 17.6. The third-order valence-electron chi connectivity index (χ3n) is 5.46. The molecule has 7 heteroatoms. The van der Waals surface area contributed by atoms with Crippen LogP contribution in [0.25, 0.3) is 33.3 Å². The van der Waals surface area contributed by atoms with Crippen LogP contribution in [0.15, 0.2) is 42.6 Å². The molecule has 142 valence electrons. The summed E-state index contributed by atoms with van der Waals surface area (Å²) >= 11 is 2.29. The Morgan fingerprint density at radius 1 is 1.04 bits per heavy atom. The molecule has 0 amide bonds. The molecule has 5 rings (SSSR count). The summed E-state index contributed by atoms with van der Waals surface area (Å²) in [5.74, 6) is 0.760. The molecule has 1 fully saturated rings. The number of hydrogen-bond acceptors (Lipinski definition) is 5. The van der Waals surface area contributed by atoms with E-state index in [0.717, 1.165) is 63.1 Å². The first-order chi connectivity index (χ1) is 13.6. The Morgan fingerprint density at radius 2 is 1.82 bits per heavy atom. The smallest absolute Gasteiger partial charge is 0.142 e. The molecular weight excluding hydrogens is 463 g/mol. The van der Waals surface area contributed by atoms with Crippen molar-refractivity contribution >= 4 is 55.9 Å². The lowest BCUT2D eigenvalue weighted by molar-refractivity contribution is 0.313. The van der Waals surface area contributed by atoms with Gasteiger partial charge in [-0.1, -0.05) is 0 Å². The Kier molecular flexibility index (Phi) is 4.36. The number of benzene rings is 2. The van der Waals surface area contributed by atoms with Crippen molar-refractivity contribution < 1.29 is 0 Å². The lowest BCUT2D eigenvalue weighted by Gasteiger charge is -2.34. The Balaban J connectivity index is 1.55. The number of likely N-dealkylation sites (N-methyl/N-ethyl adjacent to an activating group) is 1. The molecule has 3 N–H and O–H groups in total. The average Bonchev–Trinajstić information content (AvgIpc) is 3.12. The molecule has 0 radical (unpaired) electrons. The summed E-state index contributed by atoms with van der Waals surface area (Å²) in [5, 5.41) is 0.961. The first kappa shape index (κ1) is 17.7. The van der Waals surface area contributed by atoms with Crippen molar-refractivity contribution in [2.75, 3.05) is 43.9 Å². The third kappa shape index (κ3) is 3.08. The number of aromatic amines is 1. The van der Waals surface area contributed by atoms with Gasteiger partial charge in [0.05, 0.1) is 27.8 Å². The van der Waals surface area contributed by atoms with E-state index in [1.54, 1.807) is 0 Å². The fourth-order valence-electron chi connectivity index (χ4n) is 3.76. The van der Waals surface area contributed by atoms with Gasteiger partial charge in [0.1, 0.15) is 5.82 Å². The summed E-state index contributed by atoms with van der Waals surface area (Å²) < 4.78 is 1.14. The summed E-state index contributed by atoms with van der Waals surface area (Å²) in [7, 11) is 2.17. The molecule has 1 aliphatic rings. The second kappa shape index (κ2) is 6.89. The fraction of sp³-hybridized carbons (Fsp3) is 0.238. The minimum absolute atomic E-state index is 0.710. The number of pyridine rings is 1. The van der Waals surface area contributed by atoms with Gasteiger partial charge >= 0.3 is 0 Å². The van der Waals surface area contributed by atoms with E-state index in [0.29, 0.717) is 5.69 Å². The van der Waals surface area contributed by atoms with E-state index in [1.165, 1.54) is 5.69 Å². The zero-order valence-electron chi connectivity index (χ0n) is 15.6. The Labute approximate surface area is 176 Å². The highest BCUT2D eigenvalue weighted by Gasteiger charge is 2.16. The maximum absolute atomic E-state index is 6.49. The standard InChI is InChI=1S/C21H21IN6/c1-27-6-8-28(9-7-27)14-3-5-18-19(11-14)26-21(25-18)16-12-24-17-4-2-13(22)10-15(17)20(16)23/h2-5,10-12H,6-9H2,1H3,(H2,23,24)(H,25,26). The minimum Gasteiger partial charge on any atom is -0.398 e. The molecule has 1 saturated heterocycles. The maximum Gasteiger partial charge on any atom is 0.142 e. The minimum atomic E-state index is 0.710. The lowest BCUT2D eigenvalue weighted by atomic mass is 10.1. The van der Waals surface area contributed by atoms with E-state index in [4.69, 9.17) is 10.7 Å². The predicted molar refractivity (Wildman–Crippen MR) is 124 cm³/mol. The number of rotatable bonds is 2. The summed E-state index contributed by atoms with van der Waals surface area (Å²) in [6.45, 7) is 4.26. The van der Waals surface area contributed by atoms with Crippen LogP contribution in [0.4, 0.5) is 11.4 Å². The molecule has 6 nitrogen and oxygen atoms in total. The van der Waals surface area contributed by atoms with Gasteiger partial charge in [-0.25, -0.2) is 4.98 Å². The number of piperazine rings is 1. The third-order valence-corrected chi connectivity index (χ3v) is 6.13. The highest BCUT2D eigenvalue weighted by Crippen LogP contribution is 2.32. The number of anilines is 2. The van der Waals surface area contributed by atoms with Crippen molar-refractivity contribution in [2.45, 2.75) is 0 Å². The largest absolute Gasteiger partial charge is 0.398 e. The van der Waals surface area contributed by atoms with Crippen molar-refractivity contribution in [3.05, 3.63) is 46.2 Å². The maximum atomic E-state index is 6.49. The molecule has 0 spiro atoms. The van der Waals surface area contributed by atoms with Crippen LogP contribution in [-0.4, -0.2) is 53.1 Å². The van der Waals surface area contributed by atoms with Crippen molar-refractivity contribution in [1.82, 2.24) is 19.9 Å². The Morgan fingerprint density at radius 3 is 2.64 bits per heavy atom. The monoisotopic (exact) mass is 484 g/mol. The van der Waals surface area contributed by atoms with Crippen LogP contribution < -0.4 is 10.6 Å². The number of hydrogen-bond donors (Lipinski definition) is 2. The summed E-state index contributed by atoms with van der Waals surface area (Å²) in [6, 6.07) is 12.5. The molecule has 4 aromatic rings. The summed E-state index contributed by atoms with van der Waals surface area (Å²) in [6.07, 6.45) is 1.81. The van der Waals surface area contributed by atoms with Gasteiger partial charge in [-0.05, 0) is 66.0 Å². The van der Waals surface area contributed by atoms with Crippen LogP contribution in [0.3, 0.4) is 0 Å². The van der Waals surface area contributed by atoms with Gasteiger partial charge in [-0.2, -0.15) is 0 Å². The number of nitrogens with one attached hydrogen (secondary N) is 1. The van der Waals surface area contributed by atoms with E-state index in [2.05, 4.69) is 73.7 Å². The fourth-order valence-corrected chi connectivity index (χ4v) is 4.25. The van der Waals surface area contributed by atoms with Crippen molar-refractivity contribution in [3.8, 4) is 11.4 Å². The molecule has 1 aliphatic heterocycles. The van der Waals surface area contributed by atoms with Gasteiger partial charge in [0.15, 0.2) is 0 Å². The molecule has 0 aliphatic carbocycles. The van der Waals surface area contributed by atoms with Crippen molar-refractivity contribution in [2.24, 2.45) is 0 Å². The molecular formula is C21H21IN6. The normalized spacial score (nSPS) is 15.6. The molecule has 2 aromatic heterocycles. The molecule has 28 heavy (non-hydrogen) atoms. The number of fused-ring (bicyclic) bond motifs is 2. The van der Waals surface area contributed by atoms with Crippen LogP contribution in [-0.2, 0) is 0 Å². The first-order valence-corrected chi connectivity index (χ1v) is 10.4. The SMILES string of the molecule is CN1CCN(c2ccc3nc(-c4cnc5ccc(I)cc5c4N)[nH]c3c2)CC1. The molecule has 0 unspecified atom stereocenters. The Bertz CT molecular complexity index is 1180. The number of nitrogens with two attached hydrogens (primary N) is 1. The number of nitrogens with zero attached hydrogens (tertiary/aromatic N) is 4. The number of imidazole rings is 1. The highest BCUT2D eigenvalue weighted by atomic mass is 127. The topological polar surface area (TPSA) is 74.1 Å². The number of H-pyrrole nitrogens is 1. The second-order valence-electron chi connectivity index (χ2n) is 7.32. The Hall–Kier alpha value is -2.39. The van der Waals surface area contributed by atoms with Gasteiger partial charge in [0, 0.05) is 47.0 Å². The van der Waals surface area contributed by atoms with Crippen molar-refractivity contribution in [3.63, 3.8) is 0 Å². The van der Waals surface area contributed by atoms with E-state index in [9.17, 15) is 0 Å². The van der Waals surface area contributed by atoms with Crippen LogP contribution in [0, 0.1) is 3.57 Å². The van der Waals surface area contributed by atoms with Gasteiger partial charge in [0.2, 0.25) is 0 Å². The van der Waals surface area contributed by atoms with E-state index in [-0.39, 0.29) is 0 Å². The van der Waals surface area contributed by atoms with Crippen LogP contribution in [0.5, 0.6) is 0 Å². The van der Waals surface area contributed by atoms with E-state index in [1.807, 2.05) is 18.3 Å². The van der Waals surface area contributed by atoms with E-state index < -0.39 is 0 Å². The van der Waals surface area contributed by atoms with Crippen LogP contribution in [0.1, 0.15) is 0 Å². The van der Waals surface area contributed by atoms with Gasteiger partial charge in [-0.15, -0.1) is 0 Å². The van der Waals surface area contributed by atoms with Gasteiger partial charge < -0.3 is 20.5 Å². The molecule has 2 aromatic carbocycles. The van der Waals surface area contributed by atoms with Crippen LogP contribution in [0.2, 0.25) is 0 Å². The van der Waals surface area contributed by atoms with E-state index >= 15 is 0 Å². The molecule has 0 atom stereocenters. The molecule has 0 bridgehead atoms. The van der Waals surface area contributed by atoms with Crippen molar-refractivity contribution in [1.29, 1.82) is 0 Å². The molecule has 0 saturated carbocycles. The quantitative estimate of drug-likeness (QED) is 0.425. The highest BCUT2D eigenvalue weighted by molar-refractivity contribution is 14.1. The number of nitrogen functional groups attached to an aromatic ring is 1. The van der Waals surface area contributed by atoms with Gasteiger partial charge in [-0.3, -0.25) is 4.98 Å². The number of aromatic nitrogens is 3. The first-order valence-electron chi connectivity index (χ1n) is 9.36. The average molecular weight is 484 g/mol. The lowest BCUT2D eigenvalue weighted by Crippen LogP contribution is -2.44. The zero-order valence-corrected chi connectivity index (χ0v) is 17.8. The molecule has 3 heterocycles. The summed E-state index contributed by atoms with van der Waals surface area (Å²) in [5.41, 5.74) is 12.1.